The van der Waals surface area contributed by atoms with Crippen molar-refractivity contribution in [3.8, 4) is 11.5 Å². The second kappa shape index (κ2) is 11.9. The average Bonchev–Trinajstić information content (AvgIpc) is 3.39. The van der Waals surface area contributed by atoms with Crippen molar-refractivity contribution in [2.75, 3.05) is 60.7 Å². The third-order valence-electron chi connectivity index (χ3n) is 7.32. The zero-order valence-corrected chi connectivity index (χ0v) is 23.0. The minimum Gasteiger partial charge on any atom is -0.507 e. The van der Waals surface area contributed by atoms with Gasteiger partial charge in [0.25, 0.3) is 11.7 Å². The van der Waals surface area contributed by atoms with Gasteiger partial charge in [-0.25, -0.2) is 4.79 Å². The lowest BCUT2D eigenvalue weighted by atomic mass is 9.93. The highest BCUT2D eigenvalue weighted by atomic mass is 16.5. The molecule has 2 aromatic rings. The molecular weight excluding hydrogens is 506 g/mol. The molecule has 2 aliphatic heterocycles. The highest BCUT2D eigenvalue weighted by Gasteiger charge is 2.47. The average molecular weight is 542 g/mol. The number of hydrogen-bond acceptors (Lipinski definition) is 9. The quantitative estimate of drug-likeness (QED) is 0.213. The van der Waals surface area contributed by atoms with E-state index in [0.29, 0.717) is 48.0 Å². The van der Waals surface area contributed by atoms with E-state index in [2.05, 4.69) is 9.88 Å². The number of nitrogens with zero attached hydrogens (tertiary/aromatic N) is 2. The molecule has 11 heteroatoms. The van der Waals surface area contributed by atoms with Crippen LogP contribution in [0.4, 0.5) is 0 Å². The molecule has 0 saturated carbocycles. The SMILES string of the molecule is COC(=O)c1[nH]c(C)c(C(O)=C2C(=O)C(=O)N(CCCN3CCOCC3)[C@@H]2c2ccc(OC)cc2OC)c1C. The number of hydrogen-bond donors (Lipinski definition) is 2. The van der Waals surface area contributed by atoms with Crippen molar-refractivity contribution < 1.29 is 38.4 Å². The van der Waals surface area contributed by atoms with Gasteiger partial charge in [0.15, 0.2) is 0 Å². The Kier molecular flexibility index (Phi) is 8.61. The summed E-state index contributed by atoms with van der Waals surface area (Å²) in [6, 6.07) is 4.21. The van der Waals surface area contributed by atoms with E-state index in [1.165, 1.54) is 26.2 Å². The number of rotatable bonds is 9. The molecule has 2 aliphatic rings. The molecule has 1 aromatic heterocycles. The summed E-state index contributed by atoms with van der Waals surface area (Å²) >= 11 is 0. The van der Waals surface area contributed by atoms with Crippen molar-refractivity contribution in [3.05, 3.63) is 51.9 Å². The number of aromatic amines is 1. The highest BCUT2D eigenvalue weighted by Crippen LogP contribution is 2.44. The number of benzene rings is 1. The van der Waals surface area contributed by atoms with Crippen molar-refractivity contribution >= 4 is 23.4 Å². The number of aromatic nitrogens is 1. The molecular formula is C28H35N3O8. The van der Waals surface area contributed by atoms with Crippen LogP contribution in [-0.2, 0) is 19.1 Å². The maximum Gasteiger partial charge on any atom is 0.354 e. The number of carbonyl (C=O) groups excluding carboxylic acids is 3. The fourth-order valence-electron chi connectivity index (χ4n) is 5.31. The standard InChI is InChI=1S/C28H35N3O8/c1-16-21(17(2)29-23(16)28(35)38-5)25(32)22-24(19-8-7-18(36-3)15-20(19)37-4)31(27(34)26(22)33)10-6-9-30-11-13-39-14-12-30/h7-8,15,24,29,32H,6,9-14H2,1-5H3/t24-/m1/s1. The van der Waals surface area contributed by atoms with E-state index in [4.69, 9.17) is 18.9 Å². The summed E-state index contributed by atoms with van der Waals surface area (Å²) in [6.45, 7) is 7.29. The Bertz CT molecular complexity index is 1290. The summed E-state index contributed by atoms with van der Waals surface area (Å²) in [4.78, 5) is 45.9. The van der Waals surface area contributed by atoms with E-state index < -0.39 is 23.7 Å². The molecule has 4 rings (SSSR count). The molecule has 0 aliphatic carbocycles. The molecule has 11 nitrogen and oxygen atoms in total. The third kappa shape index (κ3) is 5.37. The number of Topliss-reactive ketones (excluding diaryl/α,β-unsaturated/α-hetero) is 1. The van der Waals surface area contributed by atoms with Gasteiger partial charge < -0.3 is 33.9 Å². The lowest BCUT2D eigenvalue weighted by molar-refractivity contribution is -0.140. The Morgan fingerprint density at radius 2 is 1.82 bits per heavy atom. The fraction of sp³-hybridized carbons (Fsp3) is 0.464. The van der Waals surface area contributed by atoms with E-state index in [-0.39, 0.29) is 29.1 Å². The van der Waals surface area contributed by atoms with Crippen LogP contribution in [-0.4, -0.2) is 98.3 Å². The minimum absolute atomic E-state index is 0.0727. The molecule has 39 heavy (non-hydrogen) atoms. The predicted molar refractivity (Wildman–Crippen MR) is 142 cm³/mol. The van der Waals surface area contributed by atoms with E-state index in [1.54, 1.807) is 32.0 Å². The zero-order chi connectivity index (χ0) is 28.3. The van der Waals surface area contributed by atoms with Gasteiger partial charge in [0.1, 0.15) is 23.0 Å². The summed E-state index contributed by atoms with van der Waals surface area (Å²) in [6.07, 6.45) is 0.622. The molecule has 210 valence electrons. The van der Waals surface area contributed by atoms with Crippen molar-refractivity contribution in [2.24, 2.45) is 0 Å². The zero-order valence-electron chi connectivity index (χ0n) is 23.0. The Morgan fingerprint density at radius 3 is 2.46 bits per heavy atom. The van der Waals surface area contributed by atoms with Gasteiger partial charge in [-0.15, -0.1) is 0 Å². The first kappa shape index (κ1) is 28.2. The van der Waals surface area contributed by atoms with Crippen LogP contribution in [0.25, 0.3) is 5.76 Å². The number of aliphatic hydroxyl groups is 1. The van der Waals surface area contributed by atoms with Crippen LogP contribution in [0.5, 0.6) is 11.5 Å². The summed E-state index contributed by atoms with van der Waals surface area (Å²) in [7, 11) is 4.28. The second-order valence-electron chi connectivity index (χ2n) is 9.52. The molecule has 2 saturated heterocycles. The van der Waals surface area contributed by atoms with Crippen LogP contribution in [0.3, 0.4) is 0 Å². The van der Waals surface area contributed by atoms with Crippen LogP contribution >= 0.6 is 0 Å². The van der Waals surface area contributed by atoms with E-state index >= 15 is 0 Å². The monoisotopic (exact) mass is 541 g/mol. The number of aryl methyl sites for hydroxylation is 1. The van der Waals surface area contributed by atoms with Crippen LogP contribution in [0.15, 0.2) is 23.8 Å². The van der Waals surface area contributed by atoms with E-state index in [1.807, 2.05) is 0 Å². The van der Waals surface area contributed by atoms with Gasteiger partial charge in [-0.05, 0) is 38.0 Å². The maximum absolute atomic E-state index is 13.5. The number of aliphatic hydroxyl groups excluding tert-OH is 1. The normalized spacial score (nSPS) is 19.4. The molecule has 3 heterocycles. The minimum atomic E-state index is -0.911. The van der Waals surface area contributed by atoms with Crippen LogP contribution in [0.1, 0.15) is 45.3 Å². The number of nitrogens with one attached hydrogen (secondary N) is 1. The lowest BCUT2D eigenvalue weighted by Gasteiger charge is -2.29. The van der Waals surface area contributed by atoms with Gasteiger partial charge >= 0.3 is 5.97 Å². The van der Waals surface area contributed by atoms with Crippen LogP contribution in [0, 0.1) is 13.8 Å². The van der Waals surface area contributed by atoms with Gasteiger partial charge in [-0.3, -0.25) is 14.5 Å². The van der Waals surface area contributed by atoms with Crippen LogP contribution < -0.4 is 9.47 Å². The topological polar surface area (TPSA) is 131 Å². The molecule has 0 spiro atoms. The largest absolute Gasteiger partial charge is 0.507 e. The smallest absolute Gasteiger partial charge is 0.354 e. The Hall–Kier alpha value is -3.83. The van der Waals surface area contributed by atoms with E-state index in [0.717, 1.165) is 19.6 Å². The number of amides is 1. The number of morpholine rings is 1. The fourth-order valence-corrected chi connectivity index (χ4v) is 5.31. The van der Waals surface area contributed by atoms with Gasteiger partial charge in [0.2, 0.25) is 0 Å². The number of esters is 1. The molecule has 1 aromatic carbocycles. The highest BCUT2D eigenvalue weighted by molar-refractivity contribution is 6.46. The maximum atomic E-state index is 13.5. The van der Waals surface area contributed by atoms with Crippen molar-refractivity contribution in [1.82, 2.24) is 14.8 Å². The van der Waals surface area contributed by atoms with Crippen LogP contribution in [0.2, 0.25) is 0 Å². The number of likely N-dealkylation sites (tertiary alicyclic amines) is 1. The first-order valence-corrected chi connectivity index (χ1v) is 12.8. The number of ketones is 1. The number of methoxy groups -OCH3 is 3. The first-order valence-electron chi connectivity index (χ1n) is 12.8. The third-order valence-corrected chi connectivity index (χ3v) is 7.32. The molecule has 0 radical (unpaired) electrons. The molecule has 0 unspecified atom stereocenters. The number of H-pyrrole nitrogens is 1. The molecule has 2 N–H and O–H groups in total. The Labute approximate surface area is 227 Å². The second-order valence-corrected chi connectivity index (χ2v) is 9.52. The van der Waals surface area contributed by atoms with E-state index in [9.17, 15) is 19.5 Å². The first-order chi connectivity index (χ1) is 18.7. The predicted octanol–water partition coefficient (Wildman–Crippen LogP) is 2.58. The summed E-state index contributed by atoms with van der Waals surface area (Å²) in [5.74, 6) is -1.54. The summed E-state index contributed by atoms with van der Waals surface area (Å²) < 4.78 is 21.2. The number of ether oxygens (including phenoxy) is 4. The van der Waals surface area contributed by atoms with Crippen molar-refractivity contribution in [2.45, 2.75) is 26.3 Å². The molecule has 2 fully saturated rings. The molecule has 0 bridgehead atoms. The van der Waals surface area contributed by atoms with Gasteiger partial charge in [-0.2, -0.15) is 0 Å². The van der Waals surface area contributed by atoms with Crippen molar-refractivity contribution in [1.29, 1.82) is 0 Å². The Balaban J connectivity index is 1.81. The summed E-state index contributed by atoms with van der Waals surface area (Å²) in [5, 5.41) is 11.6. The number of carbonyl (C=O) groups is 3. The lowest BCUT2D eigenvalue weighted by Crippen LogP contribution is -2.39. The van der Waals surface area contributed by atoms with Crippen molar-refractivity contribution in [3.63, 3.8) is 0 Å². The summed E-state index contributed by atoms with van der Waals surface area (Å²) in [5.41, 5.74) is 1.77. The van der Waals surface area contributed by atoms with Gasteiger partial charge in [0.05, 0.1) is 46.2 Å². The van der Waals surface area contributed by atoms with Gasteiger partial charge in [0, 0.05) is 49.1 Å². The molecule has 1 atom stereocenters. The molecule has 1 amide bonds. The Morgan fingerprint density at radius 1 is 1.10 bits per heavy atom. The van der Waals surface area contributed by atoms with Gasteiger partial charge in [-0.1, -0.05) is 0 Å².